The number of hydrogen-bond acceptors (Lipinski definition) is 7. The van der Waals surface area contributed by atoms with Crippen molar-refractivity contribution in [3.05, 3.63) is 30.4 Å². The molecule has 10 heteroatoms. The van der Waals surface area contributed by atoms with E-state index in [0.717, 1.165) is 61.0 Å². The molecule has 0 spiro atoms. The number of amides is 1. The van der Waals surface area contributed by atoms with Gasteiger partial charge in [0.05, 0.1) is 36.7 Å². The van der Waals surface area contributed by atoms with Crippen LogP contribution < -0.4 is 5.32 Å². The Hall–Kier alpha value is -2.98. The van der Waals surface area contributed by atoms with Gasteiger partial charge >= 0.3 is 0 Å². The number of aliphatic hydroxyl groups excluding tert-OH is 1. The summed E-state index contributed by atoms with van der Waals surface area (Å²) in [6.07, 6.45) is 10.0. The molecule has 3 aromatic rings. The number of nitrogens with zero attached hydrogens (tertiary/aromatic N) is 6. The first kappa shape index (κ1) is 23.7. The summed E-state index contributed by atoms with van der Waals surface area (Å²) >= 11 is 0. The van der Waals surface area contributed by atoms with Crippen molar-refractivity contribution < 1.29 is 14.6 Å². The number of carbonyl (C=O) groups is 1. The molecule has 2 aliphatic rings. The Labute approximate surface area is 205 Å². The van der Waals surface area contributed by atoms with Gasteiger partial charge in [0.2, 0.25) is 11.9 Å². The van der Waals surface area contributed by atoms with E-state index in [1.165, 1.54) is 0 Å². The van der Waals surface area contributed by atoms with Crippen molar-refractivity contribution in [2.75, 3.05) is 32.1 Å². The van der Waals surface area contributed by atoms with Crippen LogP contribution >= 0.6 is 0 Å². The fourth-order valence-electron chi connectivity index (χ4n) is 5.41. The lowest BCUT2D eigenvalue weighted by atomic mass is 9.85. The van der Waals surface area contributed by atoms with Crippen LogP contribution in [0.25, 0.3) is 16.6 Å². The minimum Gasteiger partial charge on any atom is -0.393 e. The number of aromatic nitrogens is 5. The molecule has 0 bridgehead atoms. The molecule has 0 unspecified atom stereocenters. The molecule has 0 aromatic carbocycles. The predicted octanol–water partition coefficient (Wildman–Crippen LogP) is 2.85. The molecule has 1 aliphatic heterocycles. The smallest absolute Gasteiger partial charge is 0.241 e. The lowest BCUT2D eigenvalue weighted by Gasteiger charge is -2.25. The number of ether oxygens (including phenoxy) is 1. The fraction of sp³-hybridized carbons (Fsp3) is 0.600. The maximum atomic E-state index is 11.8. The van der Waals surface area contributed by atoms with E-state index in [1.54, 1.807) is 14.0 Å². The molecule has 1 saturated heterocycles. The Bertz CT molecular complexity index is 1180. The van der Waals surface area contributed by atoms with Crippen LogP contribution in [0.15, 0.2) is 24.7 Å². The Balaban J connectivity index is 1.48. The Morgan fingerprint density at radius 2 is 2.06 bits per heavy atom. The van der Waals surface area contributed by atoms with Gasteiger partial charge in [0.15, 0.2) is 0 Å². The van der Waals surface area contributed by atoms with Crippen LogP contribution in [0.4, 0.5) is 5.95 Å². The maximum Gasteiger partial charge on any atom is 0.241 e. The van der Waals surface area contributed by atoms with Gasteiger partial charge in [-0.1, -0.05) is 0 Å². The van der Waals surface area contributed by atoms with E-state index in [9.17, 15) is 9.90 Å². The zero-order valence-electron chi connectivity index (χ0n) is 20.7. The van der Waals surface area contributed by atoms with Crippen LogP contribution in [0.2, 0.25) is 0 Å². The van der Waals surface area contributed by atoms with Crippen molar-refractivity contribution in [2.45, 2.75) is 70.1 Å². The second-order valence-electron chi connectivity index (χ2n) is 9.98. The summed E-state index contributed by atoms with van der Waals surface area (Å²) in [6.45, 7) is 5.68. The van der Waals surface area contributed by atoms with E-state index in [4.69, 9.17) is 9.84 Å². The van der Waals surface area contributed by atoms with Crippen LogP contribution in [0.3, 0.4) is 0 Å². The number of aliphatic hydroxyl groups is 1. The topological polar surface area (TPSA) is 110 Å². The number of fused-ring (bicyclic) bond motifs is 1. The van der Waals surface area contributed by atoms with Crippen LogP contribution in [0.5, 0.6) is 0 Å². The molecule has 2 N–H and O–H groups in total. The second kappa shape index (κ2) is 9.94. The number of methoxy groups -OCH3 is 1. The SMILES string of the molecule is COC[C@H](C)Nc1ncc2c(-c3cnn([C@@H]4CCN(C(C)=O)C4)c3)cc([C@H]3CC[C@H](O)CC3)n2n1. The normalized spacial score (nSPS) is 23.7. The minimum atomic E-state index is -0.210. The van der Waals surface area contributed by atoms with E-state index in [0.29, 0.717) is 25.0 Å². The molecule has 188 valence electrons. The van der Waals surface area contributed by atoms with E-state index in [-0.39, 0.29) is 24.1 Å². The number of carbonyl (C=O) groups excluding carboxylic acids is 1. The fourth-order valence-corrected chi connectivity index (χ4v) is 5.41. The summed E-state index contributed by atoms with van der Waals surface area (Å²) in [5, 5.41) is 22.9. The van der Waals surface area contributed by atoms with Gasteiger partial charge in [-0.05, 0) is 45.1 Å². The molecular weight excluding hydrogens is 446 g/mol. The highest BCUT2D eigenvalue weighted by Crippen LogP contribution is 2.38. The van der Waals surface area contributed by atoms with Crippen molar-refractivity contribution in [3.63, 3.8) is 0 Å². The largest absolute Gasteiger partial charge is 0.393 e. The maximum absolute atomic E-state index is 11.8. The predicted molar refractivity (Wildman–Crippen MR) is 132 cm³/mol. The lowest BCUT2D eigenvalue weighted by Crippen LogP contribution is -2.26. The monoisotopic (exact) mass is 481 g/mol. The van der Waals surface area contributed by atoms with Crippen molar-refractivity contribution in [1.29, 1.82) is 0 Å². The van der Waals surface area contributed by atoms with Gasteiger partial charge in [-0.25, -0.2) is 9.50 Å². The highest BCUT2D eigenvalue weighted by molar-refractivity contribution is 5.81. The van der Waals surface area contributed by atoms with Gasteiger partial charge in [0, 0.05) is 62.1 Å². The molecular formula is C25H35N7O3. The molecule has 4 heterocycles. The Kier molecular flexibility index (Phi) is 6.75. The van der Waals surface area contributed by atoms with Crippen molar-refractivity contribution in [2.24, 2.45) is 0 Å². The van der Waals surface area contributed by atoms with E-state index in [1.807, 2.05) is 33.4 Å². The van der Waals surface area contributed by atoms with E-state index in [2.05, 4.69) is 27.7 Å². The first-order valence-corrected chi connectivity index (χ1v) is 12.5. The summed E-state index contributed by atoms with van der Waals surface area (Å²) < 4.78 is 9.24. The molecule has 5 rings (SSSR count). The minimum absolute atomic E-state index is 0.0833. The van der Waals surface area contributed by atoms with Gasteiger partial charge in [-0.3, -0.25) is 9.48 Å². The Morgan fingerprint density at radius 1 is 1.26 bits per heavy atom. The van der Waals surface area contributed by atoms with Crippen molar-refractivity contribution in [3.8, 4) is 11.1 Å². The molecule has 10 nitrogen and oxygen atoms in total. The highest BCUT2D eigenvalue weighted by Gasteiger charge is 2.28. The number of likely N-dealkylation sites (tertiary alicyclic amines) is 1. The summed E-state index contributed by atoms with van der Waals surface area (Å²) in [7, 11) is 1.68. The quantitative estimate of drug-likeness (QED) is 0.534. The summed E-state index contributed by atoms with van der Waals surface area (Å²) in [6, 6.07) is 2.49. The molecule has 2 fully saturated rings. The van der Waals surface area contributed by atoms with Crippen LogP contribution in [0, 0.1) is 0 Å². The second-order valence-corrected chi connectivity index (χ2v) is 9.98. The van der Waals surface area contributed by atoms with Gasteiger partial charge in [-0.15, -0.1) is 5.10 Å². The Morgan fingerprint density at radius 3 is 2.77 bits per heavy atom. The number of hydrogen-bond donors (Lipinski definition) is 2. The molecule has 3 aromatic heterocycles. The van der Waals surface area contributed by atoms with Gasteiger partial charge in [-0.2, -0.15) is 5.10 Å². The summed E-state index contributed by atoms with van der Waals surface area (Å²) in [4.78, 5) is 18.2. The van der Waals surface area contributed by atoms with Crippen molar-refractivity contribution in [1.82, 2.24) is 29.3 Å². The third-order valence-electron chi connectivity index (χ3n) is 7.35. The molecule has 0 radical (unpaired) electrons. The average Bonchev–Trinajstić information content (AvgIpc) is 3.58. The highest BCUT2D eigenvalue weighted by atomic mass is 16.5. The standard InChI is InChI=1S/C25H35N7O3/c1-16(15-35-3)28-25-26-12-24-22(10-23(32(24)29-25)18-4-6-21(34)7-5-18)19-11-27-31(13-19)20-8-9-30(14-20)17(2)33/h10-13,16,18,20-21,34H,4-9,14-15H2,1-3H3,(H,28,29)/t16-,18-,20+,21-/m0/s1. The molecule has 1 amide bonds. The summed E-state index contributed by atoms with van der Waals surface area (Å²) in [5.41, 5.74) is 4.15. The zero-order chi connectivity index (χ0) is 24.5. The van der Waals surface area contributed by atoms with E-state index >= 15 is 0 Å². The third-order valence-corrected chi connectivity index (χ3v) is 7.35. The summed E-state index contributed by atoms with van der Waals surface area (Å²) in [5.74, 6) is 1.00. The van der Waals surface area contributed by atoms with Gasteiger partial charge in [0.25, 0.3) is 0 Å². The van der Waals surface area contributed by atoms with Crippen LogP contribution in [0.1, 0.15) is 63.6 Å². The number of anilines is 1. The van der Waals surface area contributed by atoms with E-state index < -0.39 is 0 Å². The average molecular weight is 482 g/mol. The first-order chi connectivity index (χ1) is 16.9. The first-order valence-electron chi connectivity index (χ1n) is 12.5. The molecule has 1 aliphatic carbocycles. The number of nitrogens with one attached hydrogen (secondary N) is 1. The molecule has 2 atom stereocenters. The van der Waals surface area contributed by atoms with Crippen molar-refractivity contribution >= 4 is 17.4 Å². The third kappa shape index (κ3) is 4.90. The van der Waals surface area contributed by atoms with Crippen LogP contribution in [-0.2, 0) is 9.53 Å². The number of rotatable bonds is 7. The molecule has 1 saturated carbocycles. The van der Waals surface area contributed by atoms with Crippen LogP contribution in [-0.4, -0.2) is 79.2 Å². The molecule has 35 heavy (non-hydrogen) atoms. The van der Waals surface area contributed by atoms with Gasteiger partial charge in [0.1, 0.15) is 0 Å². The van der Waals surface area contributed by atoms with Gasteiger partial charge < -0.3 is 20.1 Å². The zero-order valence-corrected chi connectivity index (χ0v) is 20.7. The lowest BCUT2D eigenvalue weighted by molar-refractivity contribution is -0.127.